The molecule has 196 valence electrons. The van der Waals surface area contributed by atoms with Gasteiger partial charge < -0.3 is 14.4 Å². The maximum absolute atomic E-state index is 9.75. The van der Waals surface area contributed by atoms with Gasteiger partial charge in [0, 0.05) is 105 Å². The summed E-state index contributed by atoms with van der Waals surface area (Å²) in [5, 5.41) is 11.3. The fourth-order valence-electron chi connectivity index (χ4n) is 3.45. The van der Waals surface area contributed by atoms with E-state index in [1.807, 2.05) is 43.5 Å². The Morgan fingerprint density at radius 1 is 0.721 bits per heavy atom. The van der Waals surface area contributed by atoms with Crippen molar-refractivity contribution < 1.29 is 9.84 Å². The molecule has 0 saturated carbocycles. The molecule has 0 aliphatic heterocycles. The number of halogens is 1. The third-order valence-electron chi connectivity index (χ3n) is 4.98. The zero-order valence-electron chi connectivity index (χ0n) is 22.7. The molecular weight excluding hydrogens is 550 g/mol. The molecule has 0 fully saturated rings. The number of nitrogens with zero attached hydrogens (tertiary/aromatic N) is 1. The smallest absolute Gasteiger partial charge is 0.140 e. The van der Waals surface area contributed by atoms with E-state index in [-0.39, 0.29) is 6.61 Å². The second-order valence-electron chi connectivity index (χ2n) is 7.98. The van der Waals surface area contributed by atoms with Crippen LogP contribution in [0.5, 0.6) is 5.75 Å². The van der Waals surface area contributed by atoms with E-state index >= 15 is 0 Å². The van der Waals surface area contributed by atoms with Crippen LogP contribution in [-0.2, 0) is 13.2 Å². The van der Waals surface area contributed by atoms with E-state index in [0.717, 1.165) is 27.6 Å². The molecule has 0 amide bonds. The first-order chi connectivity index (χ1) is 21.1. The maximum Gasteiger partial charge on any atom is 0.140 e. The van der Waals surface area contributed by atoms with Crippen LogP contribution in [0.25, 0.3) is 10.9 Å². The molecular formula is C39H16ClNO2. The number of fused-ring (bicyclic) bond motifs is 1. The third-order valence-corrected chi connectivity index (χ3v) is 5.21. The average Bonchev–Trinajstić information content (AvgIpc) is 3.33. The molecule has 0 radical (unpaired) electrons. The van der Waals surface area contributed by atoms with Crippen LogP contribution in [0.2, 0.25) is 5.02 Å². The number of benzene rings is 2. The summed E-state index contributed by atoms with van der Waals surface area (Å²) in [6, 6.07) is 11.5. The lowest BCUT2D eigenvalue weighted by Crippen LogP contribution is -1.99. The first kappa shape index (κ1) is 30.7. The molecule has 0 bridgehead atoms. The molecule has 0 atom stereocenters. The second-order valence-corrected chi connectivity index (χ2v) is 8.42. The normalized spacial score (nSPS) is 7.58. The highest BCUT2D eigenvalue weighted by Gasteiger charge is 2.10. The van der Waals surface area contributed by atoms with E-state index in [1.54, 1.807) is 0 Å². The van der Waals surface area contributed by atoms with Crippen molar-refractivity contribution in [1.29, 1.82) is 0 Å². The predicted molar refractivity (Wildman–Crippen MR) is 170 cm³/mol. The number of hydrogen-bond donors (Lipinski definition) is 1. The summed E-state index contributed by atoms with van der Waals surface area (Å²) in [4.78, 5) is 0. The quantitative estimate of drug-likeness (QED) is 0.483. The van der Waals surface area contributed by atoms with Crippen LogP contribution in [0.3, 0.4) is 0 Å². The van der Waals surface area contributed by atoms with Gasteiger partial charge in [0.25, 0.3) is 0 Å². The summed E-state index contributed by atoms with van der Waals surface area (Å²) in [6.07, 6.45) is 9.45. The highest BCUT2D eigenvalue weighted by atomic mass is 35.5. The Labute approximate surface area is 257 Å². The predicted octanol–water partition coefficient (Wildman–Crippen LogP) is 4.15. The Morgan fingerprint density at radius 3 is 1.79 bits per heavy atom. The first-order valence-corrected chi connectivity index (χ1v) is 12.6. The molecule has 0 unspecified atom stereocenters. The topological polar surface area (TPSA) is 34.4 Å². The molecule has 1 heterocycles. The molecule has 3 nitrogen and oxygen atoms in total. The van der Waals surface area contributed by atoms with E-state index in [4.69, 9.17) is 22.8 Å². The van der Waals surface area contributed by atoms with Crippen molar-refractivity contribution in [3.05, 3.63) is 64.3 Å². The highest BCUT2D eigenvalue weighted by molar-refractivity contribution is 6.31. The van der Waals surface area contributed by atoms with Gasteiger partial charge in [0.2, 0.25) is 0 Å². The third kappa shape index (κ3) is 11.1. The summed E-state index contributed by atoms with van der Waals surface area (Å²) in [7, 11) is 0. The Balaban J connectivity index is 1.52. The lowest BCUT2D eigenvalue weighted by Gasteiger charge is -2.08. The summed E-state index contributed by atoms with van der Waals surface area (Å²) in [5.74, 6) is 50.4. The van der Waals surface area contributed by atoms with Gasteiger partial charge in [0.15, 0.2) is 0 Å². The second kappa shape index (κ2) is 17.7. The number of terminal acetylenes is 1. The molecule has 0 saturated heterocycles. The van der Waals surface area contributed by atoms with Gasteiger partial charge in [-0.25, -0.2) is 0 Å². The summed E-state index contributed by atoms with van der Waals surface area (Å²) >= 11 is 6.15. The molecule has 0 aliphatic rings. The standard InChI is InChI=1S/C39H16ClNO2/c1-3-4-5-6-7-8-9-10-11-12-13-14-15-16-17-18-19-20-21-22-25-43-37-27-33(2)26-34(28-37)30-41-31-35(32-42)38-29-36(40)23-24-39(38)41/h1,23-24,26-29,31,42H,30,32H2,2H3. The van der Waals surface area contributed by atoms with Crippen LogP contribution in [0.1, 0.15) is 16.7 Å². The van der Waals surface area contributed by atoms with Crippen LogP contribution in [0.15, 0.2) is 42.6 Å². The Hall–Kier alpha value is -6.81. The molecule has 3 aromatic rings. The zero-order valence-corrected chi connectivity index (χ0v) is 23.5. The van der Waals surface area contributed by atoms with Crippen LogP contribution in [0, 0.1) is 138 Å². The van der Waals surface area contributed by atoms with Crippen LogP contribution in [0.4, 0.5) is 0 Å². The van der Waals surface area contributed by atoms with Crippen molar-refractivity contribution in [3.63, 3.8) is 0 Å². The van der Waals surface area contributed by atoms with Gasteiger partial charge in [-0.15, -0.1) is 6.42 Å². The fraction of sp³-hybridized carbons (Fsp3) is 0.0769. The lowest BCUT2D eigenvalue weighted by molar-refractivity contribution is 0.283. The van der Waals surface area contributed by atoms with Crippen molar-refractivity contribution in [3.8, 4) is 137 Å². The van der Waals surface area contributed by atoms with Crippen molar-refractivity contribution >= 4 is 22.5 Å². The minimum absolute atomic E-state index is 0.0690. The fourth-order valence-corrected chi connectivity index (χ4v) is 3.62. The number of aryl methyl sites for hydroxylation is 1. The monoisotopic (exact) mass is 565 g/mol. The number of aromatic nitrogens is 1. The van der Waals surface area contributed by atoms with Crippen molar-refractivity contribution in [1.82, 2.24) is 4.57 Å². The molecule has 0 aliphatic carbocycles. The van der Waals surface area contributed by atoms with Gasteiger partial charge in [-0.05, 0) is 95.7 Å². The van der Waals surface area contributed by atoms with Gasteiger partial charge in [-0.1, -0.05) is 17.7 Å². The van der Waals surface area contributed by atoms with Crippen molar-refractivity contribution in [2.45, 2.75) is 20.1 Å². The van der Waals surface area contributed by atoms with E-state index in [0.29, 0.717) is 17.3 Å². The van der Waals surface area contributed by atoms with E-state index in [2.05, 4.69) is 135 Å². The molecule has 43 heavy (non-hydrogen) atoms. The van der Waals surface area contributed by atoms with Gasteiger partial charge in [0.1, 0.15) is 11.9 Å². The zero-order chi connectivity index (χ0) is 30.5. The van der Waals surface area contributed by atoms with Gasteiger partial charge in [-0.3, -0.25) is 0 Å². The molecule has 1 N–H and O–H groups in total. The maximum atomic E-state index is 9.75. The Morgan fingerprint density at radius 2 is 1.26 bits per heavy atom. The van der Waals surface area contributed by atoms with Crippen LogP contribution in [-0.4, -0.2) is 9.67 Å². The molecule has 0 spiro atoms. The van der Waals surface area contributed by atoms with Crippen molar-refractivity contribution in [2.75, 3.05) is 0 Å². The number of hydrogen-bond acceptors (Lipinski definition) is 2. The summed E-state index contributed by atoms with van der Waals surface area (Å²) in [5.41, 5.74) is 3.84. The van der Waals surface area contributed by atoms with E-state index < -0.39 is 0 Å². The summed E-state index contributed by atoms with van der Waals surface area (Å²) in [6.45, 7) is 2.50. The molecule has 3 rings (SSSR count). The minimum atomic E-state index is -0.0690. The largest absolute Gasteiger partial charge is 0.407 e. The first-order valence-electron chi connectivity index (χ1n) is 12.2. The van der Waals surface area contributed by atoms with Crippen LogP contribution < -0.4 is 4.74 Å². The minimum Gasteiger partial charge on any atom is -0.407 e. The van der Waals surface area contributed by atoms with Gasteiger partial charge >= 0.3 is 0 Å². The SMILES string of the molecule is C#CC#CC#CC#CC#CC#CC#CC#CC#CC#CC#COc1cc(C)cc(Cn2cc(CO)c3cc(Cl)ccc32)c1. The molecule has 2 aromatic carbocycles. The van der Waals surface area contributed by atoms with Gasteiger partial charge in [-0.2, -0.15) is 0 Å². The van der Waals surface area contributed by atoms with E-state index in [1.165, 1.54) is 0 Å². The highest BCUT2D eigenvalue weighted by Crippen LogP contribution is 2.27. The number of aliphatic hydroxyl groups is 1. The average molecular weight is 566 g/mol. The lowest BCUT2D eigenvalue weighted by atomic mass is 10.1. The Bertz CT molecular complexity index is 2270. The number of aliphatic hydroxyl groups excluding tert-OH is 1. The molecule has 4 heteroatoms. The van der Waals surface area contributed by atoms with E-state index in [9.17, 15) is 5.11 Å². The van der Waals surface area contributed by atoms with Crippen molar-refractivity contribution in [2.24, 2.45) is 0 Å². The van der Waals surface area contributed by atoms with Gasteiger partial charge in [0.05, 0.1) is 6.61 Å². The Kier molecular flexibility index (Phi) is 12.7. The number of rotatable bonds is 4. The molecule has 1 aromatic heterocycles. The van der Waals surface area contributed by atoms with Crippen LogP contribution >= 0.6 is 11.6 Å². The summed E-state index contributed by atoms with van der Waals surface area (Å²) < 4.78 is 7.63. The number of ether oxygens (including phenoxy) is 1.